The van der Waals surface area contributed by atoms with E-state index in [1.54, 1.807) is 30.3 Å². The number of fused-ring (bicyclic) bond motifs is 1. The number of nitrogens with one attached hydrogen (secondary N) is 2. The van der Waals surface area contributed by atoms with E-state index in [0.717, 1.165) is 0 Å². The van der Waals surface area contributed by atoms with Gasteiger partial charge in [0.05, 0.1) is 21.8 Å². The summed E-state index contributed by atoms with van der Waals surface area (Å²) >= 11 is 0. The fraction of sp³-hybridized carbons (Fsp3) is 0.0588. The molecule has 0 bridgehead atoms. The number of anilines is 1. The molecule has 6 N–H and O–H groups in total. The molecule has 3 rings (SSSR count). The molecule has 134 valence electrons. The van der Waals surface area contributed by atoms with Crippen LogP contribution in [-0.2, 0) is 15.6 Å². The number of sulfone groups is 1. The van der Waals surface area contributed by atoms with Crippen molar-refractivity contribution >= 4 is 32.5 Å². The highest BCUT2D eigenvalue weighted by Gasteiger charge is 2.19. The largest absolute Gasteiger partial charge is 0.386 e. The summed E-state index contributed by atoms with van der Waals surface area (Å²) in [5, 5.41) is 2.79. The Bertz CT molecular complexity index is 1100. The minimum Gasteiger partial charge on any atom is -0.386 e. The van der Waals surface area contributed by atoms with Gasteiger partial charge < -0.3 is 21.8 Å². The number of benzene rings is 2. The van der Waals surface area contributed by atoms with Gasteiger partial charge in [-0.3, -0.25) is 4.79 Å². The van der Waals surface area contributed by atoms with E-state index in [9.17, 15) is 13.2 Å². The fourth-order valence-corrected chi connectivity index (χ4v) is 3.76. The van der Waals surface area contributed by atoms with Crippen molar-refractivity contribution in [3.05, 3.63) is 66.3 Å². The van der Waals surface area contributed by atoms with E-state index in [1.165, 1.54) is 12.1 Å². The van der Waals surface area contributed by atoms with Crippen LogP contribution in [0.5, 0.6) is 0 Å². The summed E-state index contributed by atoms with van der Waals surface area (Å²) in [6.45, 7) is 3.52. The lowest BCUT2D eigenvalue weighted by Crippen LogP contribution is -2.11. The highest BCUT2D eigenvalue weighted by molar-refractivity contribution is 7.90. The zero-order chi connectivity index (χ0) is 18.9. The van der Waals surface area contributed by atoms with Crippen LogP contribution in [0.4, 0.5) is 5.69 Å². The molecule has 3 aromatic rings. The number of hydrogen-bond donors (Lipinski definition) is 4. The van der Waals surface area contributed by atoms with Crippen LogP contribution in [0.1, 0.15) is 16.2 Å². The topological polar surface area (TPSA) is 144 Å². The SMILES string of the molecule is C=C(N)Nc1ccc(S(=O)(=O)Cc2nc3c(C(N)=O)cccc3[nH]2)cc1. The van der Waals surface area contributed by atoms with E-state index in [-0.39, 0.29) is 27.9 Å². The smallest absolute Gasteiger partial charge is 0.250 e. The van der Waals surface area contributed by atoms with Crippen LogP contribution >= 0.6 is 0 Å². The number of imidazole rings is 1. The Hall–Kier alpha value is -3.33. The molecular weight excluding hydrogens is 354 g/mol. The van der Waals surface area contributed by atoms with E-state index in [2.05, 4.69) is 21.9 Å². The van der Waals surface area contributed by atoms with Crippen LogP contribution in [0.25, 0.3) is 11.0 Å². The summed E-state index contributed by atoms with van der Waals surface area (Å²) < 4.78 is 25.2. The number of hydrogen-bond acceptors (Lipinski definition) is 6. The molecule has 1 heterocycles. The van der Waals surface area contributed by atoms with Crippen molar-refractivity contribution in [1.29, 1.82) is 0 Å². The molecule has 0 unspecified atom stereocenters. The third kappa shape index (κ3) is 3.52. The van der Waals surface area contributed by atoms with Crippen LogP contribution in [-0.4, -0.2) is 24.3 Å². The summed E-state index contributed by atoms with van der Waals surface area (Å²) in [5.41, 5.74) is 12.5. The van der Waals surface area contributed by atoms with Crippen LogP contribution in [0, 0.1) is 0 Å². The molecule has 0 saturated carbocycles. The van der Waals surface area contributed by atoms with Gasteiger partial charge >= 0.3 is 0 Å². The van der Waals surface area contributed by atoms with E-state index < -0.39 is 15.7 Å². The van der Waals surface area contributed by atoms with Gasteiger partial charge in [0.2, 0.25) is 0 Å². The molecule has 0 saturated heterocycles. The third-order valence-electron chi connectivity index (χ3n) is 3.67. The predicted octanol–water partition coefficient (Wildman–Crippen LogP) is 1.48. The number of nitrogens with two attached hydrogens (primary N) is 2. The molecule has 1 aromatic heterocycles. The summed E-state index contributed by atoms with van der Waals surface area (Å²) in [6, 6.07) is 11.0. The Balaban J connectivity index is 1.90. The number of carbonyl (C=O) groups excluding carboxylic acids is 1. The van der Waals surface area contributed by atoms with Crippen LogP contribution in [0.3, 0.4) is 0 Å². The Kier molecular flexibility index (Phi) is 4.39. The van der Waals surface area contributed by atoms with Gasteiger partial charge in [-0.1, -0.05) is 12.6 Å². The first kappa shape index (κ1) is 17.5. The molecular formula is C17H17N5O3S. The molecule has 0 aliphatic carbocycles. The molecule has 0 atom stereocenters. The second-order valence-corrected chi connectivity index (χ2v) is 7.67. The van der Waals surface area contributed by atoms with Gasteiger partial charge in [0, 0.05) is 5.69 Å². The molecule has 0 fully saturated rings. The Morgan fingerprint density at radius 2 is 1.85 bits per heavy atom. The molecule has 8 nitrogen and oxygen atoms in total. The number of H-pyrrole nitrogens is 1. The Morgan fingerprint density at radius 3 is 2.46 bits per heavy atom. The second kappa shape index (κ2) is 6.52. The van der Waals surface area contributed by atoms with Gasteiger partial charge in [-0.05, 0) is 36.4 Å². The molecule has 0 spiro atoms. The van der Waals surface area contributed by atoms with E-state index in [1.807, 2.05) is 0 Å². The average molecular weight is 371 g/mol. The zero-order valence-corrected chi connectivity index (χ0v) is 14.5. The van der Waals surface area contributed by atoms with Gasteiger partial charge in [-0.15, -0.1) is 0 Å². The number of carbonyl (C=O) groups is 1. The fourth-order valence-electron chi connectivity index (χ4n) is 2.54. The van der Waals surface area contributed by atoms with Crippen molar-refractivity contribution < 1.29 is 13.2 Å². The predicted molar refractivity (Wildman–Crippen MR) is 98.9 cm³/mol. The highest BCUT2D eigenvalue weighted by Crippen LogP contribution is 2.21. The molecule has 0 radical (unpaired) electrons. The van der Waals surface area contributed by atoms with Crippen molar-refractivity contribution in [3.8, 4) is 0 Å². The van der Waals surface area contributed by atoms with Crippen LogP contribution in [0.15, 0.2) is 59.8 Å². The van der Waals surface area contributed by atoms with Crippen molar-refractivity contribution in [2.75, 3.05) is 5.32 Å². The Morgan fingerprint density at radius 1 is 1.15 bits per heavy atom. The lowest BCUT2D eigenvalue weighted by atomic mass is 10.2. The van der Waals surface area contributed by atoms with Gasteiger partial charge in [0.1, 0.15) is 17.1 Å². The minimum atomic E-state index is -3.63. The number of aromatic amines is 1. The number of para-hydroxylation sites is 1. The maximum atomic E-state index is 12.6. The molecule has 0 aliphatic rings. The van der Waals surface area contributed by atoms with Gasteiger partial charge in [-0.25, -0.2) is 13.4 Å². The number of aromatic nitrogens is 2. The highest BCUT2D eigenvalue weighted by atomic mass is 32.2. The molecule has 1 amide bonds. The maximum absolute atomic E-state index is 12.6. The quantitative estimate of drug-likeness (QED) is 0.516. The standard InChI is InChI=1S/C17H17N5O3S/c1-10(18)20-11-5-7-12(8-6-11)26(24,25)9-15-21-14-4-2-3-13(17(19)23)16(14)22-15/h2-8,20H,1,9,18H2,(H2,19,23)(H,21,22). The van der Waals surface area contributed by atoms with E-state index >= 15 is 0 Å². The van der Waals surface area contributed by atoms with Crippen molar-refractivity contribution in [2.24, 2.45) is 11.5 Å². The number of primary amides is 1. The number of rotatable bonds is 6. The Labute approximate surface area is 149 Å². The van der Waals surface area contributed by atoms with Crippen molar-refractivity contribution in [3.63, 3.8) is 0 Å². The number of nitrogens with zero attached hydrogens (tertiary/aromatic N) is 1. The maximum Gasteiger partial charge on any atom is 0.250 e. The normalized spacial score (nSPS) is 11.4. The second-order valence-electron chi connectivity index (χ2n) is 5.68. The van der Waals surface area contributed by atoms with E-state index in [0.29, 0.717) is 16.7 Å². The lowest BCUT2D eigenvalue weighted by molar-refractivity contribution is 0.100. The number of amides is 1. The molecule has 9 heteroatoms. The average Bonchev–Trinajstić information content (AvgIpc) is 2.95. The summed E-state index contributed by atoms with van der Waals surface area (Å²) in [4.78, 5) is 18.7. The summed E-state index contributed by atoms with van der Waals surface area (Å²) in [6.07, 6.45) is 0. The van der Waals surface area contributed by atoms with Gasteiger partial charge in [0.15, 0.2) is 9.84 Å². The summed E-state index contributed by atoms with van der Waals surface area (Å²) in [7, 11) is -3.63. The lowest BCUT2D eigenvalue weighted by Gasteiger charge is -2.07. The minimum absolute atomic E-state index is 0.140. The molecule has 0 aliphatic heterocycles. The third-order valence-corrected chi connectivity index (χ3v) is 5.32. The van der Waals surface area contributed by atoms with Crippen LogP contribution in [0.2, 0.25) is 0 Å². The van der Waals surface area contributed by atoms with Crippen LogP contribution < -0.4 is 16.8 Å². The summed E-state index contributed by atoms with van der Waals surface area (Å²) in [5.74, 6) is -0.476. The first-order valence-electron chi connectivity index (χ1n) is 7.58. The zero-order valence-electron chi connectivity index (χ0n) is 13.7. The first-order valence-corrected chi connectivity index (χ1v) is 9.23. The molecule has 2 aromatic carbocycles. The molecule has 26 heavy (non-hydrogen) atoms. The van der Waals surface area contributed by atoms with Gasteiger partial charge in [0.25, 0.3) is 5.91 Å². The first-order chi connectivity index (χ1) is 12.3. The van der Waals surface area contributed by atoms with Gasteiger partial charge in [-0.2, -0.15) is 0 Å². The van der Waals surface area contributed by atoms with Crippen molar-refractivity contribution in [2.45, 2.75) is 10.6 Å². The van der Waals surface area contributed by atoms with E-state index in [4.69, 9.17) is 11.5 Å². The monoisotopic (exact) mass is 371 g/mol. The van der Waals surface area contributed by atoms with Crippen molar-refractivity contribution in [1.82, 2.24) is 9.97 Å².